The third kappa shape index (κ3) is 5.38. The smallest absolute Gasteiger partial charge is 0.328 e. The molecule has 0 saturated carbocycles. The highest BCUT2D eigenvalue weighted by molar-refractivity contribution is 5.93. The second kappa shape index (κ2) is 7.36. The minimum absolute atomic E-state index is 0.273. The summed E-state index contributed by atoms with van der Waals surface area (Å²) in [4.78, 5) is 24.0. The van der Waals surface area contributed by atoms with Gasteiger partial charge in [-0.1, -0.05) is 36.8 Å². The molecule has 0 aliphatic rings. The lowest BCUT2D eigenvalue weighted by molar-refractivity contribution is -0.132. The predicted molar refractivity (Wildman–Crippen MR) is 73.7 cm³/mol. The molecule has 1 rings (SSSR count). The molecule has 1 aromatic carbocycles. The third-order valence-corrected chi connectivity index (χ3v) is 2.67. The number of aryl methyl sites for hydroxylation is 1. The Kier molecular flexibility index (Phi) is 5.79. The number of carboxylic acid groups (broad SMARTS) is 1. The van der Waals surface area contributed by atoms with Crippen LogP contribution in [0.5, 0.6) is 0 Å². The molecule has 0 aliphatic carbocycles. The molecule has 0 aromatic heterocycles. The number of hydrogen-bond donors (Lipinski definition) is 1. The van der Waals surface area contributed by atoms with Gasteiger partial charge in [0.25, 0.3) is 0 Å². The number of hydrogen-bond acceptors (Lipinski definition) is 2. The number of rotatable bonds is 6. The van der Waals surface area contributed by atoms with Crippen LogP contribution in [0.2, 0.25) is 0 Å². The number of benzene rings is 1. The van der Waals surface area contributed by atoms with E-state index in [0.717, 1.165) is 24.1 Å². The van der Waals surface area contributed by atoms with E-state index in [9.17, 15) is 9.59 Å². The summed E-state index contributed by atoms with van der Waals surface area (Å²) >= 11 is 0. The largest absolute Gasteiger partial charge is 0.478 e. The number of amides is 1. The molecule has 0 bridgehead atoms. The van der Waals surface area contributed by atoms with Crippen LogP contribution in [0.3, 0.4) is 0 Å². The highest BCUT2D eigenvalue weighted by Crippen LogP contribution is 2.08. The molecule has 0 heterocycles. The van der Waals surface area contributed by atoms with E-state index in [1.807, 2.05) is 38.1 Å². The van der Waals surface area contributed by atoms with E-state index in [-0.39, 0.29) is 5.91 Å². The SMILES string of the molecule is CCCN(Cc1ccc(C)cc1)C(=O)/C=C/C(=O)O. The molecule has 19 heavy (non-hydrogen) atoms. The van der Waals surface area contributed by atoms with Gasteiger partial charge in [-0.25, -0.2) is 4.79 Å². The van der Waals surface area contributed by atoms with Gasteiger partial charge in [0.1, 0.15) is 0 Å². The summed E-state index contributed by atoms with van der Waals surface area (Å²) < 4.78 is 0. The lowest BCUT2D eigenvalue weighted by Crippen LogP contribution is -2.29. The zero-order chi connectivity index (χ0) is 14.3. The fourth-order valence-electron chi connectivity index (χ4n) is 1.70. The Morgan fingerprint density at radius 3 is 2.37 bits per heavy atom. The molecule has 1 aromatic rings. The quantitative estimate of drug-likeness (QED) is 0.800. The molecule has 1 N–H and O–H groups in total. The molecule has 0 radical (unpaired) electrons. The monoisotopic (exact) mass is 261 g/mol. The Bertz CT molecular complexity index is 463. The van der Waals surface area contributed by atoms with E-state index < -0.39 is 5.97 Å². The van der Waals surface area contributed by atoms with Gasteiger partial charge in [0, 0.05) is 25.2 Å². The fourth-order valence-corrected chi connectivity index (χ4v) is 1.70. The summed E-state index contributed by atoms with van der Waals surface area (Å²) in [6.45, 7) is 5.10. The molecule has 0 aliphatic heterocycles. The van der Waals surface area contributed by atoms with Crippen molar-refractivity contribution in [1.82, 2.24) is 4.90 Å². The molecule has 1 amide bonds. The van der Waals surface area contributed by atoms with Crippen molar-refractivity contribution in [2.45, 2.75) is 26.8 Å². The molecule has 0 unspecified atom stereocenters. The van der Waals surface area contributed by atoms with Crippen molar-refractivity contribution >= 4 is 11.9 Å². The topological polar surface area (TPSA) is 57.6 Å². The van der Waals surface area contributed by atoms with Gasteiger partial charge in [-0.15, -0.1) is 0 Å². The molecule has 102 valence electrons. The Balaban J connectivity index is 2.74. The lowest BCUT2D eigenvalue weighted by atomic mass is 10.1. The van der Waals surface area contributed by atoms with Crippen LogP contribution in [0.15, 0.2) is 36.4 Å². The summed E-state index contributed by atoms with van der Waals surface area (Å²) in [6.07, 6.45) is 2.81. The second-order valence-electron chi connectivity index (χ2n) is 4.42. The van der Waals surface area contributed by atoms with Crippen molar-refractivity contribution in [3.8, 4) is 0 Å². The number of carbonyl (C=O) groups is 2. The Morgan fingerprint density at radius 2 is 1.84 bits per heavy atom. The van der Waals surface area contributed by atoms with Gasteiger partial charge in [0.2, 0.25) is 5.91 Å². The first-order valence-corrected chi connectivity index (χ1v) is 6.28. The number of carbonyl (C=O) groups excluding carboxylic acids is 1. The average molecular weight is 261 g/mol. The first-order valence-electron chi connectivity index (χ1n) is 6.28. The third-order valence-electron chi connectivity index (χ3n) is 2.67. The van der Waals surface area contributed by atoms with Crippen LogP contribution in [0.1, 0.15) is 24.5 Å². The highest BCUT2D eigenvalue weighted by Gasteiger charge is 2.10. The maximum atomic E-state index is 11.9. The van der Waals surface area contributed by atoms with Crippen molar-refractivity contribution in [2.24, 2.45) is 0 Å². The van der Waals surface area contributed by atoms with Crippen LogP contribution < -0.4 is 0 Å². The summed E-state index contributed by atoms with van der Waals surface area (Å²) in [5.74, 6) is -1.38. The van der Waals surface area contributed by atoms with Gasteiger partial charge in [0.05, 0.1) is 0 Å². The van der Waals surface area contributed by atoms with Gasteiger partial charge >= 0.3 is 5.97 Å². The zero-order valence-corrected chi connectivity index (χ0v) is 11.3. The van der Waals surface area contributed by atoms with E-state index in [1.165, 1.54) is 5.56 Å². The minimum Gasteiger partial charge on any atom is -0.478 e. The van der Waals surface area contributed by atoms with Crippen LogP contribution in [0, 0.1) is 6.92 Å². The molecule has 4 heteroatoms. The molecular weight excluding hydrogens is 242 g/mol. The van der Waals surface area contributed by atoms with E-state index >= 15 is 0 Å². The molecule has 0 saturated heterocycles. The zero-order valence-electron chi connectivity index (χ0n) is 11.3. The summed E-state index contributed by atoms with van der Waals surface area (Å²) in [7, 11) is 0. The molecule has 0 atom stereocenters. The number of aliphatic carboxylic acids is 1. The molecule has 0 fully saturated rings. The van der Waals surface area contributed by atoms with Crippen LogP contribution in [-0.2, 0) is 16.1 Å². The summed E-state index contributed by atoms with van der Waals surface area (Å²) in [5, 5.41) is 8.54. The van der Waals surface area contributed by atoms with Gasteiger partial charge in [-0.05, 0) is 18.9 Å². The summed E-state index contributed by atoms with van der Waals surface area (Å²) in [5.41, 5.74) is 2.21. The maximum Gasteiger partial charge on any atom is 0.328 e. The van der Waals surface area contributed by atoms with Crippen LogP contribution >= 0.6 is 0 Å². The number of carboxylic acids is 1. The predicted octanol–water partition coefficient (Wildman–Crippen LogP) is 2.37. The minimum atomic E-state index is -1.11. The van der Waals surface area contributed by atoms with E-state index in [0.29, 0.717) is 13.1 Å². The van der Waals surface area contributed by atoms with E-state index in [2.05, 4.69) is 0 Å². The molecule has 0 spiro atoms. The van der Waals surface area contributed by atoms with Gasteiger partial charge in [-0.3, -0.25) is 4.79 Å². The van der Waals surface area contributed by atoms with Gasteiger partial charge < -0.3 is 10.0 Å². The van der Waals surface area contributed by atoms with Crippen molar-refractivity contribution in [3.05, 3.63) is 47.5 Å². The lowest BCUT2D eigenvalue weighted by Gasteiger charge is -2.20. The molecule has 4 nitrogen and oxygen atoms in total. The second-order valence-corrected chi connectivity index (χ2v) is 4.42. The van der Waals surface area contributed by atoms with Crippen molar-refractivity contribution in [1.29, 1.82) is 0 Å². The van der Waals surface area contributed by atoms with Crippen LogP contribution in [0.4, 0.5) is 0 Å². The van der Waals surface area contributed by atoms with Crippen molar-refractivity contribution in [3.63, 3.8) is 0 Å². The van der Waals surface area contributed by atoms with E-state index in [4.69, 9.17) is 5.11 Å². The van der Waals surface area contributed by atoms with Gasteiger partial charge in [0.15, 0.2) is 0 Å². The average Bonchev–Trinajstić information content (AvgIpc) is 2.38. The first-order chi connectivity index (χ1) is 9.02. The standard InChI is InChI=1S/C15H19NO3/c1-3-10-16(14(17)8-9-15(18)19)11-13-6-4-12(2)5-7-13/h4-9H,3,10-11H2,1-2H3,(H,18,19)/b9-8+. The van der Waals surface area contributed by atoms with Crippen molar-refractivity contribution in [2.75, 3.05) is 6.54 Å². The Morgan fingerprint density at radius 1 is 1.21 bits per heavy atom. The molecular formula is C15H19NO3. The Hall–Kier alpha value is -2.10. The maximum absolute atomic E-state index is 11.9. The van der Waals surface area contributed by atoms with Crippen LogP contribution in [-0.4, -0.2) is 28.4 Å². The van der Waals surface area contributed by atoms with E-state index in [1.54, 1.807) is 4.90 Å². The van der Waals surface area contributed by atoms with Crippen molar-refractivity contribution < 1.29 is 14.7 Å². The van der Waals surface area contributed by atoms with Gasteiger partial charge in [-0.2, -0.15) is 0 Å². The number of nitrogens with zero attached hydrogens (tertiary/aromatic N) is 1. The first kappa shape index (κ1) is 15.0. The normalized spacial score (nSPS) is 10.6. The highest BCUT2D eigenvalue weighted by atomic mass is 16.4. The summed E-state index contributed by atoms with van der Waals surface area (Å²) in [6, 6.07) is 7.95. The van der Waals surface area contributed by atoms with Crippen LogP contribution in [0.25, 0.3) is 0 Å². The fraction of sp³-hybridized carbons (Fsp3) is 0.333. The Labute approximate surface area is 113 Å².